The minimum absolute atomic E-state index is 0.0118. The Morgan fingerprint density at radius 1 is 0.795 bits per heavy atom. The highest BCUT2D eigenvalue weighted by Gasteiger charge is 2.53. The topological polar surface area (TPSA) is 206 Å². The Bertz CT molecular complexity index is 2930. The maximum absolute atomic E-state index is 14.6. The lowest BCUT2D eigenvalue weighted by atomic mass is 9.72. The van der Waals surface area contributed by atoms with Crippen molar-refractivity contribution in [1.29, 1.82) is 0 Å². The fourth-order valence-corrected chi connectivity index (χ4v) is 11.5. The van der Waals surface area contributed by atoms with Crippen LogP contribution in [0, 0.1) is 30.0 Å². The first-order valence-electron chi connectivity index (χ1n) is 29.1. The fraction of sp³-hybridized carbons (Fsp3) is 0.556. The van der Waals surface area contributed by atoms with Gasteiger partial charge in [-0.3, -0.25) is 24.2 Å². The molecular formula is C63H81F2N5O12S. The largest absolute Gasteiger partial charge is 0.491 e. The van der Waals surface area contributed by atoms with Gasteiger partial charge in [-0.15, -0.1) is 11.3 Å². The van der Waals surface area contributed by atoms with E-state index < -0.39 is 47.0 Å². The molecule has 3 N–H and O–H groups in total. The maximum atomic E-state index is 14.6. The zero-order valence-electron chi connectivity index (χ0n) is 48.5. The summed E-state index contributed by atoms with van der Waals surface area (Å²) < 4.78 is 69.1. The number of aliphatic hydroxyl groups is 1. The highest BCUT2D eigenvalue weighted by molar-refractivity contribution is 7.13. The highest BCUT2D eigenvalue weighted by atomic mass is 32.1. The predicted octanol–water partition coefficient (Wildman–Crippen LogP) is 8.68. The molecule has 83 heavy (non-hydrogen) atoms. The van der Waals surface area contributed by atoms with Crippen LogP contribution >= 0.6 is 11.3 Å². The lowest BCUT2D eigenvalue weighted by molar-refractivity contribution is -0.145. The maximum Gasteiger partial charge on any atom is 0.258 e. The predicted molar refractivity (Wildman–Crippen MR) is 311 cm³/mol. The number of hydrogen-bond donors (Lipinski definition) is 3. The second-order valence-corrected chi connectivity index (χ2v) is 23.8. The van der Waals surface area contributed by atoms with E-state index in [1.807, 2.05) is 61.7 Å². The number of ketones is 1. The van der Waals surface area contributed by atoms with E-state index >= 15 is 0 Å². The zero-order valence-corrected chi connectivity index (χ0v) is 49.3. The molecule has 1 saturated heterocycles. The first-order chi connectivity index (χ1) is 40.0. The van der Waals surface area contributed by atoms with Crippen LogP contribution in [-0.4, -0.2) is 153 Å². The van der Waals surface area contributed by atoms with Gasteiger partial charge in [0.1, 0.15) is 48.4 Å². The van der Waals surface area contributed by atoms with Crippen LogP contribution in [0.15, 0.2) is 78.4 Å². The lowest BCUT2D eigenvalue weighted by Crippen LogP contribution is -2.59. The number of likely N-dealkylation sites (tertiary alicyclic amines) is 1. The first-order valence-corrected chi connectivity index (χ1v) is 29.9. The molecule has 3 heterocycles. The van der Waals surface area contributed by atoms with Crippen LogP contribution in [0.2, 0.25) is 0 Å². The number of β-amino-alcohol motifs (C(OH)–C–C–N with tert-alkyl or cyclic N) is 1. The van der Waals surface area contributed by atoms with Crippen molar-refractivity contribution in [2.45, 2.75) is 122 Å². The molecule has 17 nitrogen and oxygen atoms in total. The molecule has 8 rings (SSSR count). The fourth-order valence-electron chi connectivity index (χ4n) is 10.7. The number of alkyl halides is 1. The number of benzene rings is 3. The second-order valence-electron chi connectivity index (χ2n) is 22.9. The third-order valence-corrected chi connectivity index (χ3v) is 16.8. The van der Waals surface area contributed by atoms with Gasteiger partial charge >= 0.3 is 0 Å². The van der Waals surface area contributed by atoms with Crippen LogP contribution in [0.5, 0.6) is 11.5 Å². The number of Topliss-reactive ketones (excluding diaryl/α,β-unsaturated/α-hetero) is 1. The summed E-state index contributed by atoms with van der Waals surface area (Å²) in [5, 5.41) is 17.0. The average molecular weight is 1170 g/mol. The highest BCUT2D eigenvalue weighted by Crippen LogP contribution is 2.42. The van der Waals surface area contributed by atoms with Crippen molar-refractivity contribution < 1.29 is 66.2 Å². The van der Waals surface area contributed by atoms with Gasteiger partial charge in [-0.1, -0.05) is 52.0 Å². The normalized spacial score (nSPS) is 19.3. The monoisotopic (exact) mass is 1170 g/mol. The van der Waals surface area contributed by atoms with Crippen molar-refractivity contribution in [3.8, 4) is 21.9 Å². The standard InChI is InChI=1S/C63H81F2N5O12S/c1-41(44-8-10-45(11-9-44)51-18-21-66-53-17-14-48(64)36-52(51)53)55(72)34-43-6-15-50(16-7-43)81-32-30-79-28-26-77-24-22-76-23-25-78-27-29-80-31-33-82-56-35-46(57-42(2)68-40-83-57)12-13-47(56)38-67-59(73)54-37-49(71)39-70(54)60(74)58(62(3,4)5)69-61(75)63(65)19-20-63/h6-7,12-18,21,35-36,40-41,44-45,49,54,58,71H,8-11,19-20,22-34,37-39H2,1-5H3,(H,67,73)(H,69,75)/t41-,44?,45?,49-,54+,58-/m1/s1. The van der Waals surface area contributed by atoms with Gasteiger partial charge in [0.15, 0.2) is 5.67 Å². The Morgan fingerprint density at radius 2 is 1.42 bits per heavy atom. The Labute approximate surface area is 489 Å². The summed E-state index contributed by atoms with van der Waals surface area (Å²) in [6.45, 7) is 13.7. The molecule has 450 valence electrons. The van der Waals surface area contributed by atoms with E-state index in [-0.39, 0.29) is 63.1 Å². The molecule has 3 aliphatic rings. The van der Waals surface area contributed by atoms with E-state index in [1.54, 1.807) is 38.4 Å². The Kier molecular flexibility index (Phi) is 22.9. The number of aromatic nitrogens is 2. The van der Waals surface area contributed by atoms with Crippen LogP contribution in [0.1, 0.15) is 101 Å². The van der Waals surface area contributed by atoms with E-state index in [2.05, 4.69) is 27.5 Å². The summed E-state index contributed by atoms with van der Waals surface area (Å²) in [6.07, 6.45) is 5.34. The van der Waals surface area contributed by atoms with Gasteiger partial charge < -0.3 is 53.8 Å². The number of halogens is 2. The van der Waals surface area contributed by atoms with Crippen LogP contribution in [0.4, 0.5) is 8.78 Å². The number of thiazole rings is 1. The van der Waals surface area contributed by atoms with Gasteiger partial charge in [-0.25, -0.2) is 13.8 Å². The SMILES string of the molecule is Cc1ncsc1-c1ccc(CNC(=O)[C@@H]2C[C@@H](O)CN2C(=O)[C@@H](NC(=O)C2(F)CC2)C(C)(C)C)c(OCCOCCOCCOCCOCCOCCOc2ccc(CC(=O)[C@H](C)C3CCC(c4ccnc5ccc(F)cc45)CC3)cc2)c1. The molecule has 0 spiro atoms. The number of aliphatic hydroxyl groups excluding tert-OH is 1. The Morgan fingerprint density at radius 3 is 2.02 bits per heavy atom. The smallest absolute Gasteiger partial charge is 0.258 e. The number of rotatable bonds is 32. The van der Waals surface area contributed by atoms with Crippen molar-refractivity contribution in [2.24, 2.45) is 17.3 Å². The molecule has 4 atom stereocenters. The molecule has 3 aromatic carbocycles. The Balaban J connectivity index is 0.638. The third kappa shape index (κ3) is 18.0. The van der Waals surface area contributed by atoms with Gasteiger partial charge in [0.25, 0.3) is 5.91 Å². The van der Waals surface area contributed by atoms with Crippen molar-refractivity contribution >= 4 is 45.7 Å². The Hall–Kier alpha value is -6.00. The number of hydrogen-bond acceptors (Lipinski definition) is 15. The molecule has 20 heteroatoms. The van der Waals surface area contributed by atoms with Gasteiger partial charge in [0.05, 0.1) is 93.8 Å². The summed E-state index contributed by atoms with van der Waals surface area (Å²) in [4.78, 5) is 64.7. The molecule has 1 aliphatic heterocycles. The molecule has 0 bridgehead atoms. The lowest BCUT2D eigenvalue weighted by Gasteiger charge is -2.35. The number of pyridine rings is 1. The number of nitrogens with zero attached hydrogens (tertiary/aromatic N) is 3. The van der Waals surface area contributed by atoms with Gasteiger partial charge in [-0.2, -0.15) is 0 Å². The van der Waals surface area contributed by atoms with Crippen LogP contribution in [0.3, 0.4) is 0 Å². The quantitative estimate of drug-likeness (QED) is 0.0345. The van der Waals surface area contributed by atoms with Crippen molar-refractivity contribution in [3.05, 3.63) is 107 Å². The zero-order chi connectivity index (χ0) is 58.9. The van der Waals surface area contributed by atoms with E-state index in [0.29, 0.717) is 101 Å². The van der Waals surface area contributed by atoms with Crippen LogP contribution in [0.25, 0.3) is 21.3 Å². The summed E-state index contributed by atoms with van der Waals surface area (Å²) in [6, 6.07) is 18.1. The molecule has 3 fully saturated rings. The number of carbonyl (C=O) groups excluding carboxylic acids is 4. The number of fused-ring (bicyclic) bond motifs is 1. The van der Waals surface area contributed by atoms with Crippen LogP contribution in [-0.2, 0) is 55.8 Å². The summed E-state index contributed by atoms with van der Waals surface area (Å²) in [5.41, 5.74) is 4.39. The molecule has 3 amide bonds. The van der Waals surface area contributed by atoms with E-state index in [1.165, 1.54) is 22.3 Å². The first kappa shape index (κ1) is 63.0. The minimum Gasteiger partial charge on any atom is -0.491 e. The van der Waals surface area contributed by atoms with E-state index in [9.17, 15) is 33.1 Å². The number of aryl methyl sites for hydroxylation is 1. The van der Waals surface area contributed by atoms with E-state index in [4.69, 9.17) is 33.2 Å². The second kappa shape index (κ2) is 30.2. The van der Waals surface area contributed by atoms with E-state index in [0.717, 1.165) is 63.8 Å². The molecule has 0 unspecified atom stereocenters. The van der Waals surface area contributed by atoms with Gasteiger partial charge in [0.2, 0.25) is 11.8 Å². The summed E-state index contributed by atoms with van der Waals surface area (Å²) in [7, 11) is 0. The van der Waals surface area contributed by atoms with Gasteiger partial charge in [0, 0.05) is 49.0 Å². The number of carbonyl (C=O) groups is 4. The van der Waals surface area contributed by atoms with Crippen LogP contribution < -0.4 is 20.1 Å². The molecular weight excluding hydrogens is 1090 g/mol. The minimum atomic E-state index is -1.98. The van der Waals surface area contributed by atoms with Gasteiger partial charge in [-0.05, 0) is 122 Å². The van der Waals surface area contributed by atoms with Crippen molar-refractivity contribution in [3.63, 3.8) is 0 Å². The third-order valence-electron chi connectivity index (χ3n) is 15.8. The molecule has 2 aromatic heterocycles. The molecule has 2 saturated carbocycles. The summed E-state index contributed by atoms with van der Waals surface area (Å²) >= 11 is 1.51. The molecule has 5 aromatic rings. The number of amides is 3. The average Bonchev–Trinajstić information content (AvgIpc) is 3.70. The van der Waals surface area contributed by atoms with Crippen molar-refractivity contribution in [1.82, 2.24) is 25.5 Å². The molecule has 2 aliphatic carbocycles. The van der Waals surface area contributed by atoms with Crippen molar-refractivity contribution in [2.75, 3.05) is 85.8 Å². The number of ether oxygens (including phenoxy) is 7. The number of nitrogens with one attached hydrogen (secondary N) is 2. The molecule has 0 radical (unpaired) electrons. The summed E-state index contributed by atoms with van der Waals surface area (Å²) in [5.74, 6) is 0.0230.